The summed E-state index contributed by atoms with van der Waals surface area (Å²) in [7, 11) is 2.40. The van der Waals surface area contributed by atoms with Crippen LogP contribution in [0.1, 0.15) is 168 Å². The molecule has 0 heterocycles. The second-order valence-corrected chi connectivity index (χ2v) is 13.1. The van der Waals surface area contributed by atoms with Crippen LogP contribution in [0.5, 0.6) is 0 Å². The van der Waals surface area contributed by atoms with Crippen molar-refractivity contribution in [2.75, 3.05) is 13.2 Å². The van der Waals surface area contributed by atoms with Crippen LogP contribution in [-0.2, 0) is 9.59 Å². The maximum Gasteiger partial charge on any atom is 0.334 e. The Morgan fingerprint density at radius 2 is 0.956 bits per heavy atom. The van der Waals surface area contributed by atoms with E-state index in [9.17, 15) is 19.8 Å². The van der Waals surface area contributed by atoms with Gasteiger partial charge in [-0.05, 0) is 57.8 Å². The van der Waals surface area contributed by atoms with Crippen LogP contribution in [0.3, 0.4) is 0 Å². The Hall–Kier alpha value is -1.55. The van der Waals surface area contributed by atoms with Crippen LogP contribution in [-0.4, -0.2) is 45.3 Å². The third kappa shape index (κ3) is 23.4. The summed E-state index contributed by atoms with van der Waals surface area (Å²) in [6, 6.07) is 0. The Morgan fingerprint density at radius 1 is 0.578 bits per heavy atom. The lowest BCUT2D eigenvalue weighted by atomic mass is 9.90. The summed E-state index contributed by atoms with van der Waals surface area (Å²) < 4.78 is 1.47. The Labute approximate surface area is 280 Å². The van der Waals surface area contributed by atoms with E-state index >= 15 is 0 Å². The van der Waals surface area contributed by atoms with Crippen LogP contribution in [0.4, 0.5) is 0 Å². The summed E-state index contributed by atoms with van der Waals surface area (Å²) in [5.41, 5.74) is -1.87. The lowest BCUT2D eigenvalue weighted by molar-refractivity contribution is -0.156. The third-order valence-corrected chi connectivity index (χ3v) is 9.22. The number of nitrogens with zero attached hydrogens (tertiary/aromatic N) is 1. The summed E-state index contributed by atoms with van der Waals surface area (Å²) in [4.78, 5) is 25.3. The molecule has 0 aliphatic heterocycles. The largest absolute Gasteiger partial charge is 0.479 e. The molecule has 5 nitrogen and oxygen atoms in total. The number of aliphatic carboxylic acids is 1. The summed E-state index contributed by atoms with van der Waals surface area (Å²) in [6.07, 6.45) is 44.1. The van der Waals surface area contributed by atoms with Gasteiger partial charge in [-0.15, -0.1) is 0 Å². The van der Waals surface area contributed by atoms with Gasteiger partial charge in [0, 0.05) is 13.0 Å². The van der Waals surface area contributed by atoms with Crippen LogP contribution >= 0.6 is 9.39 Å². The van der Waals surface area contributed by atoms with Crippen molar-refractivity contribution >= 4 is 21.1 Å². The van der Waals surface area contributed by atoms with Gasteiger partial charge in [-0.2, -0.15) is 0 Å². The number of hydrogen-bond acceptors (Lipinski definition) is 4. The van der Waals surface area contributed by atoms with Crippen LogP contribution in [0.15, 0.2) is 48.6 Å². The number of hydrogen-bond donors (Lipinski definition) is 2. The molecule has 0 aromatic heterocycles. The molecule has 0 fully saturated rings. The fourth-order valence-corrected chi connectivity index (χ4v) is 5.97. The lowest BCUT2D eigenvalue weighted by Crippen LogP contribution is -2.59. The average Bonchev–Trinajstić information content (AvgIpc) is 3.03. The number of carbonyl (C=O) groups excluding carboxylic acids is 1. The predicted octanol–water partition coefficient (Wildman–Crippen LogP) is 11.1. The molecule has 260 valence electrons. The zero-order valence-electron chi connectivity index (χ0n) is 29.2. The molecule has 0 saturated carbocycles. The second kappa shape index (κ2) is 32.4. The summed E-state index contributed by atoms with van der Waals surface area (Å²) in [5.74, 6) is -1.66. The van der Waals surface area contributed by atoms with Gasteiger partial charge < -0.3 is 10.2 Å². The van der Waals surface area contributed by atoms with Gasteiger partial charge in [-0.1, -0.05) is 162 Å². The molecule has 0 aliphatic rings. The molecule has 6 heteroatoms. The summed E-state index contributed by atoms with van der Waals surface area (Å²) >= 11 is 0. The Kier molecular flexibility index (Phi) is 31.3. The van der Waals surface area contributed by atoms with Crippen molar-refractivity contribution in [2.45, 2.75) is 173 Å². The number of carboxylic acids is 1. The molecule has 0 spiro atoms. The molecule has 0 aromatic carbocycles. The van der Waals surface area contributed by atoms with E-state index in [1.54, 1.807) is 0 Å². The molecule has 0 aliphatic carbocycles. The number of allylic oxidation sites excluding steroid dienone is 8. The van der Waals surface area contributed by atoms with Gasteiger partial charge in [0.05, 0.1) is 6.61 Å². The average molecular weight is 648 g/mol. The maximum absolute atomic E-state index is 13.1. The number of aliphatic hydroxyl groups excluding tert-OH is 1. The number of unbranched alkanes of at least 4 members (excludes halogenated alkanes) is 17. The molecule has 0 amide bonds. The van der Waals surface area contributed by atoms with Crippen LogP contribution in [0.25, 0.3) is 0 Å². The first-order valence-electron chi connectivity index (χ1n) is 18.5. The van der Waals surface area contributed by atoms with Gasteiger partial charge in [0.1, 0.15) is 0 Å². The van der Waals surface area contributed by atoms with Gasteiger partial charge in [-0.3, -0.25) is 9.46 Å². The van der Waals surface area contributed by atoms with Gasteiger partial charge in [0.2, 0.25) is 5.54 Å². The zero-order chi connectivity index (χ0) is 33.3. The van der Waals surface area contributed by atoms with E-state index in [0.29, 0.717) is 13.0 Å². The minimum absolute atomic E-state index is 0.192. The summed E-state index contributed by atoms with van der Waals surface area (Å²) in [5, 5.41) is 20.0. The van der Waals surface area contributed by atoms with Crippen molar-refractivity contribution in [2.24, 2.45) is 0 Å². The molecule has 2 N–H and O–H groups in total. The Morgan fingerprint density at radius 3 is 1.38 bits per heavy atom. The van der Waals surface area contributed by atoms with E-state index in [0.717, 1.165) is 51.4 Å². The fourth-order valence-electron chi connectivity index (χ4n) is 5.46. The first-order chi connectivity index (χ1) is 22.0. The van der Waals surface area contributed by atoms with E-state index in [2.05, 4.69) is 71.8 Å². The summed E-state index contributed by atoms with van der Waals surface area (Å²) in [6.45, 7) is 4.20. The molecule has 0 bridgehead atoms. The van der Waals surface area contributed by atoms with Crippen molar-refractivity contribution in [3.05, 3.63) is 48.6 Å². The van der Waals surface area contributed by atoms with E-state index in [-0.39, 0.29) is 6.42 Å². The smallest absolute Gasteiger partial charge is 0.334 e. The van der Waals surface area contributed by atoms with E-state index < -0.39 is 23.9 Å². The van der Waals surface area contributed by atoms with Gasteiger partial charge in [0.15, 0.2) is 5.78 Å². The molecule has 0 rings (SSSR count). The van der Waals surface area contributed by atoms with Crippen LogP contribution in [0, 0.1) is 0 Å². The van der Waals surface area contributed by atoms with Crippen LogP contribution < -0.4 is 0 Å². The number of ketones is 1. The quantitative estimate of drug-likeness (QED) is 0.0321. The topological polar surface area (TPSA) is 77.8 Å². The maximum atomic E-state index is 13.1. The number of carbonyl (C=O) groups is 2. The number of carboxylic acid groups (broad SMARTS) is 1. The molecule has 45 heavy (non-hydrogen) atoms. The van der Waals surface area contributed by atoms with Crippen molar-refractivity contribution in [1.29, 1.82) is 0 Å². The Bertz CT molecular complexity index is 822. The van der Waals surface area contributed by atoms with E-state index in [1.165, 1.54) is 94.6 Å². The minimum Gasteiger partial charge on any atom is -0.479 e. The molecule has 0 radical (unpaired) electrons. The molecular weight excluding hydrogens is 577 g/mol. The lowest BCUT2D eigenvalue weighted by Gasteiger charge is -2.35. The third-order valence-electron chi connectivity index (χ3n) is 8.52. The fraction of sp³-hybridized carbons (Fsp3) is 0.744. The molecular formula is C39H70NO4P. The standard InChI is InChI=1S/C39H70NO4P/c1-3-5-7-9-11-13-15-17-18-19-20-21-23-25-27-29-31-33-35-40(45)39(36-41,38(43)44)37(42)34-32-30-28-26-24-22-16-14-12-10-8-6-4-2/h11,13,17-18,20-21,25,27,41H,3-10,12,14-16,19,22-24,26,28-36,45H2,1-2H3,(H,43,44)/b13-11-,18-17-,21-20-,27-25-/t39-/m1/s1. The second-order valence-electron chi connectivity index (χ2n) is 12.5. The number of aliphatic hydroxyl groups is 1. The highest BCUT2D eigenvalue weighted by Gasteiger charge is 2.48. The molecule has 2 atom stereocenters. The van der Waals surface area contributed by atoms with Gasteiger partial charge in [-0.25, -0.2) is 4.79 Å². The normalized spacial score (nSPS) is 13.7. The number of Topliss-reactive ketones (excluding diaryl/α,β-unsaturated/α-hetero) is 1. The van der Waals surface area contributed by atoms with Gasteiger partial charge >= 0.3 is 5.97 Å². The van der Waals surface area contributed by atoms with Crippen LogP contribution in [0.2, 0.25) is 0 Å². The van der Waals surface area contributed by atoms with E-state index in [1.807, 2.05) is 0 Å². The first kappa shape index (κ1) is 43.5. The highest BCUT2D eigenvalue weighted by atomic mass is 31.0. The highest BCUT2D eigenvalue weighted by Crippen LogP contribution is 2.25. The van der Waals surface area contributed by atoms with Crippen molar-refractivity contribution in [3.63, 3.8) is 0 Å². The SMILES string of the molecule is CCCCC/C=C\C/C=C\C/C=C\C/C=C\CCCCN(P)[C@@](CO)(C(=O)O)C(=O)CCCCCCCCCCCCCCC. The predicted molar refractivity (Wildman–Crippen MR) is 198 cm³/mol. The first-order valence-corrected chi connectivity index (χ1v) is 19.0. The van der Waals surface area contributed by atoms with Gasteiger partial charge in [0.25, 0.3) is 0 Å². The Balaban J connectivity index is 4.12. The molecule has 1 unspecified atom stereocenters. The number of rotatable bonds is 33. The van der Waals surface area contributed by atoms with Crippen molar-refractivity contribution < 1.29 is 19.8 Å². The highest BCUT2D eigenvalue weighted by molar-refractivity contribution is 7.13. The minimum atomic E-state index is -1.87. The molecule has 0 aromatic rings. The monoisotopic (exact) mass is 648 g/mol. The molecule has 0 saturated heterocycles. The van der Waals surface area contributed by atoms with Crippen molar-refractivity contribution in [1.82, 2.24) is 4.67 Å². The van der Waals surface area contributed by atoms with E-state index in [4.69, 9.17) is 0 Å². The zero-order valence-corrected chi connectivity index (χ0v) is 30.4. The van der Waals surface area contributed by atoms with Crippen molar-refractivity contribution in [3.8, 4) is 0 Å².